The second-order valence-corrected chi connectivity index (χ2v) is 4.93. The van der Waals surface area contributed by atoms with Crippen LogP contribution in [0.25, 0.3) is 0 Å². The molecule has 0 saturated heterocycles. The Morgan fingerprint density at radius 1 is 1.33 bits per heavy atom. The summed E-state index contributed by atoms with van der Waals surface area (Å²) in [5, 5.41) is 12.3. The van der Waals surface area contributed by atoms with Gasteiger partial charge in [-0.2, -0.15) is 5.10 Å². The SMILES string of the molecule is COc1ccc(NC(=O)Nc2cc(C(C)C)[nH]n2)c(C)n1. The third-order valence-corrected chi connectivity index (χ3v) is 2.98. The van der Waals surface area contributed by atoms with Gasteiger partial charge in [0.05, 0.1) is 18.5 Å². The van der Waals surface area contributed by atoms with E-state index in [1.165, 1.54) is 0 Å². The van der Waals surface area contributed by atoms with E-state index in [0.29, 0.717) is 29.0 Å². The van der Waals surface area contributed by atoms with Crippen LogP contribution < -0.4 is 15.4 Å². The maximum atomic E-state index is 11.9. The van der Waals surface area contributed by atoms with Gasteiger partial charge < -0.3 is 10.1 Å². The quantitative estimate of drug-likeness (QED) is 0.807. The lowest BCUT2D eigenvalue weighted by atomic mass is 10.1. The Morgan fingerprint density at radius 2 is 2.10 bits per heavy atom. The molecule has 2 heterocycles. The highest BCUT2D eigenvalue weighted by molar-refractivity contribution is 5.99. The highest BCUT2D eigenvalue weighted by atomic mass is 16.5. The fourth-order valence-corrected chi connectivity index (χ4v) is 1.75. The lowest BCUT2D eigenvalue weighted by Gasteiger charge is -2.09. The molecule has 0 fully saturated rings. The fraction of sp³-hybridized carbons (Fsp3) is 0.357. The first kappa shape index (κ1) is 14.8. The second-order valence-electron chi connectivity index (χ2n) is 4.93. The molecular weight excluding hydrogens is 270 g/mol. The first-order valence-corrected chi connectivity index (χ1v) is 6.64. The predicted octanol–water partition coefficient (Wildman–Crippen LogP) is 2.89. The van der Waals surface area contributed by atoms with E-state index in [4.69, 9.17) is 4.74 Å². The Hall–Kier alpha value is -2.57. The molecule has 0 bridgehead atoms. The Morgan fingerprint density at radius 3 is 2.67 bits per heavy atom. The average molecular weight is 289 g/mol. The molecule has 21 heavy (non-hydrogen) atoms. The molecule has 0 atom stereocenters. The summed E-state index contributed by atoms with van der Waals surface area (Å²) >= 11 is 0. The number of carbonyl (C=O) groups excluding carboxylic acids is 1. The standard InChI is InChI=1S/C14H19N5O2/c1-8(2)11-7-12(19-18-11)17-14(20)16-10-5-6-13(21-4)15-9(10)3/h5-8H,1-4H3,(H3,16,17,18,19,20). The van der Waals surface area contributed by atoms with Crippen molar-refractivity contribution < 1.29 is 9.53 Å². The van der Waals surface area contributed by atoms with Crippen molar-refractivity contribution in [3.8, 4) is 5.88 Å². The van der Waals surface area contributed by atoms with E-state index < -0.39 is 0 Å². The molecule has 2 aromatic heterocycles. The largest absolute Gasteiger partial charge is 0.481 e. The van der Waals surface area contributed by atoms with E-state index in [2.05, 4.69) is 25.8 Å². The molecule has 7 heteroatoms. The minimum absolute atomic E-state index is 0.323. The van der Waals surface area contributed by atoms with Crippen LogP contribution in [0.4, 0.5) is 16.3 Å². The smallest absolute Gasteiger partial charge is 0.324 e. The zero-order chi connectivity index (χ0) is 15.4. The van der Waals surface area contributed by atoms with Crippen molar-refractivity contribution >= 4 is 17.5 Å². The summed E-state index contributed by atoms with van der Waals surface area (Å²) in [6, 6.07) is 4.87. The number of aromatic nitrogens is 3. The van der Waals surface area contributed by atoms with Crippen molar-refractivity contribution in [2.45, 2.75) is 26.7 Å². The maximum Gasteiger partial charge on any atom is 0.324 e. The number of carbonyl (C=O) groups is 1. The predicted molar refractivity (Wildman–Crippen MR) is 80.8 cm³/mol. The van der Waals surface area contributed by atoms with Gasteiger partial charge in [0, 0.05) is 17.8 Å². The molecule has 2 aromatic rings. The fourth-order valence-electron chi connectivity index (χ4n) is 1.75. The van der Waals surface area contributed by atoms with Crippen LogP contribution >= 0.6 is 0 Å². The summed E-state index contributed by atoms with van der Waals surface area (Å²) in [6.07, 6.45) is 0. The van der Waals surface area contributed by atoms with Gasteiger partial charge in [-0.1, -0.05) is 13.8 Å². The van der Waals surface area contributed by atoms with Crippen LogP contribution in [0.3, 0.4) is 0 Å². The van der Waals surface area contributed by atoms with E-state index in [-0.39, 0.29) is 6.03 Å². The number of amides is 2. The van der Waals surface area contributed by atoms with Gasteiger partial charge >= 0.3 is 6.03 Å². The molecule has 0 unspecified atom stereocenters. The van der Waals surface area contributed by atoms with Gasteiger partial charge in [-0.3, -0.25) is 10.4 Å². The molecule has 0 aromatic carbocycles. The Bertz CT molecular complexity index is 636. The number of aryl methyl sites for hydroxylation is 1. The molecule has 2 amide bonds. The number of urea groups is 1. The van der Waals surface area contributed by atoms with Gasteiger partial charge in [0.2, 0.25) is 5.88 Å². The highest BCUT2D eigenvalue weighted by Crippen LogP contribution is 2.18. The van der Waals surface area contributed by atoms with Gasteiger partial charge in [0.15, 0.2) is 5.82 Å². The van der Waals surface area contributed by atoms with Crippen LogP contribution in [-0.4, -0.2) is 28.3 Å². The third-order valence-electron chi connectivity index (χ3n) is 2.98. The molecule has 112 valence electrons. The monoisotopic (exact) mass is 289 g/mol. The molecule has 7 nitrogen and oxygen atoms in total. The van der Waals surface area contributed by atoms with Crippen molar-refractivity contribution in [2.75, 3.05) is 17.7 Å². The van der Waals surface area contributed by atoms with E-state index in [9.17, 15) is 4.79 Å². The number of pyridine rings is 1. The molecule has 0 radical (unpaired) electrons. The molecule has 2 rings (SSSR count). The molecule has 3 N–H and O–H groups in total. The molecule has 0 aliphatic carbocycles. The van der Waals surface area contributed by atoms with Crippen molar-refractivity contribution in [1.29, 1.82) is 0 Å². The molecule has 0 saturated carbocycles. The lowest BCUT2D eigenvalue weighted by molar-refractivity contribution is 0.262. The zero-order valence-electron chi connectivity index (χ0n) is 12.5. The maximum absolute atomic E-state index is 11.9. The number of nitrogens with one attached hydrogen (secondary N) is 3. The Labute approximate surface area is 123 Å². The van der Waals surface area contributed by atoms with Gasteiger partial charge in [-0.05, 0) is 18.9 Å². The van der Waals surface area contributed by atoms with Crippen LogP contribution in [0.5, 0.6) is 5.88 Å². The molecular formula is C14H19N5O2. The van der Waals surface area contributed by atoms with Gasteiger partial charge in [-0.15, -0.1) is 0 Å². The van der Waals surface area contributed by atoms with E-state index in [1.807, 2.05) is 19.9 Å². The number of aromatic amines is 1. The van der Waals surface area contributed by atoms with Gasteiger partial charge in [-0.25, -0.2) is 9.78 Å². The third kappa shape index (κ3) is 3.71. The van der Waals surface area contributed by atoms with Gasteiger partial charge in [0.25, 0.3) is 0 Å². The first-order valence-electron chi connectivity index (χ1n) is 6.64. The van der Waals surface area contributed by atoms with Crippen molar-refractivity contribution in [2.24, 2.45) is 0 Å². The number of hydrogen-bond acceptors (Lipinski definition) is 4. The van der Waals surface area contributed by atoms with Crippen LogP contribution in [0.2, 0.25) is 0 Å². The Kier molecular flexibility index (Phi) is 4.42. The summed E-state index contributed by atoms with van der Waals surface area (Å²) < 4.78 is 5.02. The number of H-pyrrole nitrogens is 1. The zero-order valence-corrected chi connectivity index (χ0v) is 12.5. The van der Waals surface area contributed by atoms with Gasteiger partial charge in [0.1, 0.15) is 0 Å². The lowest BCUT2D eigenvalue weighted by Crippen LogP contribution is -2.20. The van der Waals surface area contributed by atoms with Crippen molar-refractivity contribution in [3.05, 3.63) is 29.6 Å². The van der Waals surface area contributed by atoms with E-state index in [1.54, 1.807) is 26.2 Å². The van der Waals surface area contributed by atoms with Crippen molar-refractivity contribution in [1.82, 2.24) is 15.2 Å². The highest BCUT2D eigenvalue weighted by Gasteiger charge is 2.10. The number of hydrogen-bond donors (Lipinski definition) is 3. The minimum atomic E-state index is -0.369. The van der Waals surface area contributed by atoms with Crippen LogP contribution in [0.1, 0.15) is 31.2 Å². The average Bonchev–Trinajstić information content (AvgIpc) is 2.89. The summed E-state index contributed by atoms with van der Waals surface area (Å²) in [6.45, 7) is 5.89. The summed E-state index contributed by atoms with van der Waals surface area (Å²) in [4.78, 5) is 16.1. The number of methoxy groups -OCH3 is 1. The first-order chi connectivity index (χ1) is 9.99. The van der Waals surface area contributed by atoms with Crippen LogP contribution in [-0.2, 0) is 0 Å². The number of anilines is 2. The molecule has 0 aliphatic rings. The van der Waals surface area contributed by atoms with E-state index >= 15 is 0 Å². The molecule has 0 aliphatic heterocycles. The molecule has 0 spiro atoms. The number of nitrogens with zero attached hydrogens (tertiary/aromatic N) is 2. The van der Waals surface area contributed by atoms with Crippen molar-refractivity contribution in [3.63, 3.8) is 0 Å². The summed E-state index contributed by atoms with van der Waals surface area (Å²) in [5.41, 5.74) is 2.26. The number of rotatable bonds is 4. The van der Waals surface area contributed by atoms with Crippen LogP contribution in [0, 0.1) is 6.92 Å². The van der Waals surface area contributed by atoms with Crippen LogP contribution in [0.15, 0.2) is 18.2 Å². The second kappa shape index (κ2) is 6.25. The summed E-state index contributed by atoms with van der Waals surface area (Å²) in [5.74, 6) is 1.31. The van der Waals surface area contributed by atoms with E-state index in [0.717, 1.165) is 5.69 Å². The number of ether oxygens (including phenoxy) is 1. The topological polar surface area (TPSA) is 91.9 Å². The Balaban J connectivity index is 2.01. The minimum Gasteiger partial charge on any atom is -0.481 e. The normalized spacial score (nSPS) is 10.5. The summed E-state index contributed by atoms with van der Waals surface area (Å²) in [7, 11) is 1.55.